The Kier molecular flexibility index (Phi) is 6.87. The lowest BCUT2D eigenvalue weighted by molar-refractivity contribution is -0.385. The van der Waals surface area contributed by atoms with Gasteiger partial charge in [0.05, 0.1) is 17.6 Å². The van der Waals surface area contributed by atoms with Crippen LogP contribution in [0.1, 0.15) is 5.56 Å². The van der Waals surface area contributed by atoms with Crippen molar-refractivity contribution in [3.63, 3.8) is 0 Å². The molecule has 8 heteroatoms. The first-order chi connectivity index (χ1) is 12.6. The molecule has 8 nitrogen and oxygen atoms in total. The van der Waals surface area contributed by atoms with Crippen LogP contribution in [0.5, 0.6) is 11.5 Å². The van der Waals surface area contributed by atoms with Gasteiger partial charge in [0.1, 0.15) is 11.5 Å². The molecule has 0 saturated carbocycles. The fraction of sp³-hybridized carbons (Fsp3) is 0.111. The molecule has 2 aromatic carbocycles. The van der Waals surface area contributed by atoms with Crippen molar-refractivity contribution in [1.82, 2.24) is 5.43 Å². The second-order valence-electron chi connectivity index (χ2n) is 4.95. The third kappa shape index (κ3) is 5.75. The Morgan fingerprint density at radius 1 is 1.19 bits per heavy atom. The highest BCUT2D eigenvalue weighted by molar-refractivity contribution is 5.82. The van der Waals surface area contributed by atoms with Crippen molar-refractivity contribution < 1.29 is 19.2 Å². The maximum absolute atomic E-state index is 11.6. The van der Waals surface area contributed by atoms with Crippen molar-refractivity contribution in [2.24, 2.45) is 5.10 Å². The summed E-state index contributed by atoms with van der Waals surface area (Å²) in [4.78, 5) is 22.0. The molecule has 0 spiro atoms. The summed E-state index contributed by atoms with van der Waals surface area (Å²) in [6.07, 6.45) is 4.34. The molecular weight excluding hydrogens is 338 g/mol. The van der Waals surface area contributed by atoms with Crippen LogP contribution in [0.25, 0.3) is 6.08 Å². The zero-order chi connectivity index (χ0) is 18.8. The van der Waals surface area contributed by atoms with E-state index < -0.39 is 10.8 Å². The van der Waals surface area contributed by atoms with Gasteiger partial charge in [-0.1, -0.05) is 12.1 Å². The number of hydrogen-bond acceptors (Lipinski definition) is 6. The molecule has 2 rings (SSSR count). The van der Waals surface area contributed by atoms with E-state index in [1.807, 2.05) is 0 Å². The topological polar surface area (TPSA) is 103 Å². The van der Waals surface area contributed by atoms with Crippen LogP contribution in [0.2, 0.25) is 0 Å². The number of nitro groups is 1. The number of rotatable bonds is 8. The Morgan fingerprint density at radius 2 is 1.88 bits per heavy atom. The first-order valence-corrected chi connectivity index (χ1v) is 7.59. The van der Waals surface area contributed by atoms with Gasteiger partial charge in [0, 0.05) is 12.3 Å². The van der Waals surface area contributed by atoms with Gasteiger partial charge in [-0.3, -0.25) is 14.9 Å². The minimum absolute atomic E-state index is 0.00548. The van der Waals surface area contributed by atoms with Crippen molar-refractivity contribution in [2.75, 3.05) is 13.7 Å². The molecule has 0 aliphatic rings. The van der Waals surface area contributed by atoms with Gasteiger partial charge in [0.15, 0.2) is 6.61 Å². The number of hydrogen-bond donors (Lipinski definition) is 1. The summed E-state index contributed by atoms with van der Waals surface area (Å²) in [6.45, 7) is -0.197. The van der Waals surface area contributed by atoms with Crippen molar-refractivity contribution in [3.8, 4) is 11.5 Å². The molecule has 0 aromatic heterocycles. The van der Waals surface area contributed by atoms with Gasteiger partial charge in [-0.25, -0.2) is 5.43 Å². The number of methoxy groups -OCH3 is 1. The summed E-state index contributed by atoms with van der Waals surface area (Å²) in [7, 11) is 1.56. The number of hydrazone groups is 1. The van der Waals surface area contributed by atoms with Gasteiger partial charge in [-0.05, 0) is 42.5 Å². The summed E-state index contributed by atoms with van der Waals surface area (Å²) in [5, 5.41) is 14.6. The summed E-state index contributed by atoms with van der Waals surface area (Å²) in [5.41, 5.74) is 2.73. The number of nitrogens with zero attached hydrogens (tertiary/aromatic N) is 2. The molecule has 0 fully saturated rings. The van der Waals surface area contributed by atoms with Crippen LogP contribution < -0.4 is 14.9 Å². The van der Waals surface area contributed by atoms with Crippen LogP contribution in [0.15, 0.2) is 59.7 Å². The molecule has 0 unspecified atom stereocenters. The molecule has 0 saturated heterocycles. The Labute approximate surface area is 149 Å². The summed E-state index contributed by atoms with van der Waals surface area (Å²) in [5.74, 6) is 0.786. The zero-order valence-electron chi connectivity index (χ0n) is 14.0. The lowest BCUT2D eigenvalue weighted by Crippen LogP contribution is -2.24. The molecule has 1 N–H and O–H groups in total. The van der Waals surface area contributed by atoms with E-state index in [9.17, 15) is 14.9 Å². The molecule has 0 aliphatic heterocycles. The first-order valence-electron chi connectivity index (χ1n) is 7.59. The molecule has 0 heterocycles. The lowest BCUT2D eigenvalue weighted by atomic mass is 10.2. The second-order valence-corrected chi connectivity index (χ2v) is 4.95. The normalized spacial score (nSPS) is 10.8. The molecule has 134 valence electrons. The largest absolute Gasteiger partial charge is 0.497 e. The molecule has 0 radical (unpaired) electrons. The number of carbonyl (C=O) groups excluding carboxylic acids is 1. The van der Waals surface area contributed by atoms with Crippen LogP contribution in [0.4, 0.5) is 5.69 Å². The number of ether oxygens (including phenoxy) is 2. The molecule has 1 amide bonds. The highest BCUT2D eigenvalue weighted by atomic mass is 16.6. The van der Waals surface area contributed by atoms with Gasteiger partial charge in [-0.2, -0.15) is 5.10 Å². The monoisotopic (exact) mass is 355 g/mol. The number of allylic oxidation sites excluding steroid dienone is 1. The smallest absolute Gasteiger partial charge is 0.277 e. The van der Waals surface area contributed by atoms with Gasteiger partial charge < -0.3 is 9.47 Å². The van der Waals surface area contributed by atoms with E-state index in [2.05, 4.69) is 10.5 Å². The van der Waals surface area contributed by atoms with Gasteiger partial charge in [-0.15, -0.1) is 0 Å². The van der Waals surface area contributed by atoms with Crippen molar-refractivity contribution in [3.05, 3.63) is 70.3 Å². The summed E-state index contributed by atoms with van der Waals surface area (Å²) < 4.78 is 10.3. The zero-order valence-corrected chi connectivity index (χ0v) is 14.0. The van der Waals surface area contributed by atoms with E-state index in [1.165, 1.54) is 24.4 Å². The van der Waals surface area contributed by atoms with Crippen molar-refractivity contribution >= 4 is 23.9 Å². The van der Waals surface area contributed by atoms with Crippen LogP contribution in [-0.2, 0) is 4.79 Å². The molecular formula is C18H17N3O5. The number of nitro benzene ring substituents is 1. The Bertz CT molecular complexity index is 816. The van der Waals surface area contributed by atoms with Crippen molar-refractivity contribution in [1.29, 1.82) is 0 Å². The standard InChI is InChI=1S/C18H17N3O5/c1-25-15-8-10-16(11-9-15)26-13-18(22)20-19-12-4-6-14-5-2-3-7-17(14)21(23)24/h2-12H,13H2,1H3,(H,20,22)/b6-4+,19-12+. The molecule has 0 bridgehead atoms. The predicted molar refractivity (Wildman–Crippen MR) is 97.3 cm³/mol. The summed E-state index contributed by atoms with van der Waals surface area (Å²) in [6, 6.07) is 13.1. The molecule has 0 atom stereocenters. The maximum Gasteiger partial charge on any atom is 0.277 e. The minimum atomic E-state index is -0.463. The van der Waals surface area contributed by atoms with E-state index in [0.717, 1.165) is 0 Å². The van der Waals surface area contributed by atoms with E-state index >= 15 is 0 Å². The fourth-order valence-corrected chi connectivity index (χ4v) is 1.95. The lowest BCUT2D eigenvalue weighted by Gasteiger charge is -2.05. The third-order valence-electron chi connectivity index (χ3n) is 3.19. The van der Waals surface area contributed by atoms with E-state index in [0.29, 0.717) is 17.1 Å². The molecule has 26 heavy (non-hydrogen) atoms. The Hall–Kier alpha value is -3.68. The molecule has 2 aromatic rings. The number of amides is 1. The van der Waals surface area contributed by atoms with Crippen molar-refractivity contribution in [2.45, 2.75) is 0 Å². The SMILES string of the molecule is COc1ccc(OCC(=O)N/N=C/C=C/c2ccccc2[N+](=O)[O-])cc1. The van der Waals surface area contributed by atoms with E-state index in [4.69, 9.17) is 9.47 Å². The van der Waals surface area contributed by atoms with Gasteiger partial charge in [0.2, 0.25) is 0 Å². The van der Waals surface area contributed by atoms with Crippen LogP contribution in [0.3, 0.4) is 0 Å². The Balaban J connectivity index is 1.79. The van der Waals surface area contributed by atoms with Crippen LogP contribution in [-0.4, -0.2) is 30.8 Å². The predicted octanol–water partition coefficient (Wildman–Crippen LogP) is 2.80. The first kappa shape index (κ1) is 18.7. The van der Waals surface area contributed by atoms with Crippen LogP contribution >= 0.6 is 0 Å². The third-order valence-corrected chi connectivity index (χ3v) is 3.19. The quantitative estimate of drug-likeness (QED) is 0.445. The van der Waals surface area contributed by atoms with E-state index in [-0.39, 0.29) is 12.3 Å². The highest BCUT2D eigenvalue weighted by Crippen LogP contribution is 2.18. The van der Waals surface area contributed by atoms with Gasteiger partial charge in [0.25, 0.3) is 11.6 Å². The fourth-order valence-electron chi connectivity index (χ4n) is 1.95. The average molecular weight is 355 g/mol. The second kappa shape index (κ2) is 9.58. The highest BCUT2D eigenvalue weighted by Gasteiger charge is 2.08. The van der Waals surface area contributed by atoms with Crippen LogP contribution in [0, 0.1) is 10.1 Å². The minimum Gasteiger partial charge on any atom is -0.497 e. The number of carbonyl (C=O) groups is 1. The maximum atomic E-state index is 11.6. The van der Waals surface area contributed by atoms with E-state index in [1.54, 1.807) is 49.6 Å². The molecule has 0 aliphatic carbocycles. The van der Waals surface area contributed by atoms with Gasteiger partial charge >= 0.3 is 0 Å². The number of benzene rings is 2. The number of para-hydroxylation sites is 1. The summed E-state index contributed by atoms with van der Waals surface area (Å²) >= 11 is 0. The number of nitrogens with one attached hydrogen (secondary N) is 1. The Morgan fingerprint density at radius 3 is 2.58 bits per heavy atom. The average Bonchev–Trinajstić information content (AvgIpc) is 2.66.